The topological polar surface area (TPSA) is 103 Å². The number of methoxy groups -OCH3 is 1. The third-order valence-corrected chi connectivity index (χ3v) is 5.68. The molecule has 1 aliphatic heterocycles. The molecule has 0 radical (unpaired) electrons. The van der Waals surface area contributed by atoms with E-state index in [1.165, 1.54) is 18.2 Å². The second-order valence-electron chi connectivity index (χ2n) is 7.66. The van der Waals surface area contributed by atoms with Crippen molar-refractivity contribution in [3.63, 3.8) is 0 Å². The number of halogens is 2. The summed E-state index contributed by atoms with van der Waals surface area (Å²) in [5.41, 5.74) is 1.96. The van der Waals surface area contributed by atoms with Crippen LogP contribution in [0.1, 0.15) is 16.7 Å². The average Bonchev–Trinajstić information content (AvgIpc) is 2.85. The van der Waals surface area contributed by atoms with E-state index in [9.17, 15) is 14.4 Å². The zero-order chi connectivity index (χ0) is 25.7. The molecule has 0 saturated carbocycles. The summed E-state index contributed by atoms with van der Waals surface area (Å²) in [5, 5.41) is 4.36. The number of rotatable bonds is 8. The Kier molecular flexibility index (Phi) is 7.77. The van der Waals surface area contributed by atoms with Gasteiger partial charge in [-0.2, -0.15) is 0 Å². The Balaban J connectivity index is 1.45. The maximum Gasteiger partial charge on any atom is 0.328 e. The molecule has 36 heavy (non-hydrogen) atoms. The van der Waals surface area contributed by atoms with Crippen LogP contribution in [-0.2, 0) is 22.8 Å². The van der Waals surface area contributed by atoms with E-state index in [0.717, 1.165) is 11.1 Å². The van der Waals surface area contributed by atoms with E-state index in [1.807, 2.05) is 47.0 Å². The summed E-state index contributed by atoms with van der Waals surface area (Å²) < 4.78 is 17.2. The molecule has 1 fully saturated rings. The quantitative estimate of drug-likeness (QED) is 0.319. The number of ether oxygens (including phenoxy) is 3. The minimum Gasteiger partial charge on any atom is -0.493 e. The van der Waals surface area contributed by atoms with E-state index in [1.54, 1.807) is 19.2 Å². The number of barbiturate groups is 1. The minimum absolute atomic E-state index is 0.141. The number of carbonyl (C=O) groups is 3. The second-order valence-corrected chi connectivity index (χ2v) is 8.47. The van der Waals surface area contributed by atoms with E-state index in [-0.39, 0.29) is 28.0 Å². The number of benzene rings is 3. The molecule has 1 saturated heterocycles. The summed E-state index contributed by atoms with van der Waals surface area (Å²) in [6.45, 7) is 0.544. The fourth-order valence-electron chi connectivity index (χ4n) is 3.39. The summed E-state index contributed by atoms with van der Waals surface area (Å²) in [6, 6.07) is 17.3. The largest absolute Gasteiger partial charge is 0.493 e. The highest BCUT2D eigenvalue weighted by atomic mass is 35.5. The van der Waals surface area contributed by atoms with Crippen molar-refractivity contribution in [3.05, 3.63) is 93.0 Å². The van der Waals surface area contributed by atoms with Gasteiger partial charge in [0.2, 0.25) is 0 Å². The monoisotopic (exact) mass is 526 g/mol. The maximum absolute atomic E-state index is 11.9. The first-order valence-corrected chi connectivity index (χ1v) is 11.4. The third kappa shape index (κ3) is 5.97. The number of amides is 4. The molecule has 0 atom stereocenters. The Labute approximate surface area is 216 Å². The Morgan fingerprint density at radius 2 is 1.42 bits per heavy atom. The van der Waals surface area contributed by atoms with E-state index >= 15 is 0 Å². The van der Waals surface area contributed by atoms with Gasteiger partial charge in [0.15, 0.2) is 17.2 Å². The summed E-state index contributed by atoms with van der Waals surface area (Å²) >= 11 is 12.7. The van der Waals surface area contributed by atoms with Gasteiger partial charge in [0.1, 0.15) is 18.8 Å². The highest BCUT2D eigenvalue weighted by Crippen LogP contribution is 2.36. The first-order chi connectivity index (χ1) is 17.3. The van der Waals surface area contributed by atoms with Crippen molar-refractivity contribution in [1.82, 2.24) is 10.6 Å². The third-order valence-electron chi connectivity index (χ3n) is 5.12. The lowest BCUT2D eigenvalue weighted by atomic mass is 10.1. The number of imide groups is 2. The van der Waals surface area contributed by atoms with Crippen LogP contribution in [0.5, 0.6) is 17.2 Å². The van der Waals surface area contributed by atoms with Gasteiger partial charge in [-0.15, -0.1) is 0 Å². The van der Waals surface area contributed by atoms with Crippen LogP contribution in [0.25, 0.3) is 6.08 Å². The molecule has 0 aliphatic carbocycles. The van der Waals surface area contributed by atoms with Crippen molar-refractivity contribution >= 4 is 47.1 Å². The van der Waals surface area contributed by atoms with Crippen molar-refractivity contribution in [2.24, 2.45) is 0 Å². The van der Waals surface area contributed by atoms with Gasteiger partial charge < -0.3 is 14.2 Å². The van der Waals surface area contributed by atoms with Crippen LogP contribution >= 0.6 is 23.2 Å². The van der Waals surface area contributed by atoms with Crippen LogP contribution in [0.15, 0.2) is 66.2 Å². The molecule has 4 amide bonds. The zero-order valence-corrected chi connectivity index (χ0v) is 20.5. The Morgan fingerprint density at radius 1 is 0.778 bits per heavy atom. The second kappa shape index (κ2) is 11.2. The molecule has 10 heteroatoms. The molecular weight excluding hydrogens is 507 g/mol. The van der Waals surface area contributed by atoms with Crippen LogP contribution in [0, 0.1) is 0 Å². The van der Waals surface area contributed by atoms with Crippen molar-refractivity contribution in [2.75, 3.05) is 7.11 Å². The molecule has 2 N–H and O–H groups in total. The van der Waals surface area contributed by atoms with Gasteiger partial charge in [0.05, 0.1) is 17.2 Å². The molecular formula is C26H20Cl2N2O6. The molecule has 0 unspecified atom stereocenters. The van der Waals surface area contributed by atoms with Crippen molar-refractivity contribution in [3.8, 4) is 17.2 Å². The number of nitrogens with one attached hydrogen (secondary N) is 2. The normalized spacial score (nSPS) is 13.1. The van der Waals surface area contributed by atoms with Crippen LogP contribution in [0.4, 0.5) is 4.79 Å². The van der Waals surface area contributed by atoms with E-state index in [0.29, 0.717) is 23.7 Å². The van der Waals surface area contributed by atoms with E-state index < -0.39 is 17.8 Å². The number of hydrogen-bond acceptors (Lipinski definition) is 6. The summed E-state index contributed by atoms with van der Waals surface area (Å²) in [5.74, 6) is -0.260. The van der Waals surface area contributed by atoms with Crippen molar-refractivity contribution in [1.29, 1.82) is 0 Å². The first-order valence-electron chi connectivity index (χ1n) is 10.7. The molecule has 1 aliphatic rings. The SMILES string of the molecule is COc1cc(COc2c(Cl)cc(C=C3C(=O)NC(=O)NC3=O)cc2Cl)ccc1OCc1ccccc1. The van der Waals surface area contributed by atoms with Gasteiger partial charge >= 0.3 is 6.03 Å². The predicted molar refractivity (Wildman–Crippen MR) is 134 cm³/mol. The van der Waals surface area contributed by atoms with Gasteiger partial charge in [-0.25, -0.2) is 4.79 Å². The molecule has 184 valence electrons. The lowest BCUT2D eigenvalue weighted by Crippen LogP contribution is -2.51. The molecule has 0 spiro atoms. The predicted octanol–water partition coefficient (Wildman–Crippen LogP) is 4.91. The molecule has 4 rings (SSSR count). The zero-order valence-electron chi connectivity index (χ0n) is 19.0. The lowest BCUT2D eigenvalue weighted by molar-refractivity contribution is -0.123. The Bertz CT molecular complexity index is 1310. The van der Waals surface area contributed by atoms with Crippen LogP contribution in [0.2, 0.25) is 10.0 Å². The van der Waals surface area contributed by atoms with Crippen LogP contribution in [-0.4, -0.2) is 25.0 Å². The number of urea groups is 1. The summed E-state index contributed by atoms with van der Waals surface area (Å²) in [7, 11) is 1.55. The Morgan fingerprint density at radius 3 is 2.06 bits per heavy atom. The lowest BCUT2D eigenvalue weighted by Gasteiger charge is -2.15. The molecule has 3 aromatic carbocycles. The Hall–Kier alpha value is -4.01. The van der Waals surface area contributed by atoms with Crippen molar-refractivity contribution in [2.45, 2.75) is 13.2 Å². The van der Waals surface area contributed by atoms with Gasteiger partial charge in [-0.3, -0.25) is 20.2 Å². The molecule has 8 nitrogen and oxygen atoms in total. The molecule has 3 aromatic rings. The van der Waals surface area contributed by atoms with Crippen molar-refractivity contribution < 1.29 is 28.6 Å². The molecule has 0 bridgehead atoms. The van der Waals surface area contributed by atoms with Gasteiger partial charge in [0.25, 0.3) is 11.8 Å². The molecule has 1 heterocycles. The van der Waals surface area contributed by atoms with Crippen LogP contribution < -0.4 is 24.8 Å². The number of hydrogen-bond donors (Lipinski definition) is 2. The van der Waals surface area contributed by atoms with E-state index in [4.69, 9.17) is 37.4 Å². The van der Waals surface area contributed by atoms with Gasteiger partial charge in [-0.1, -0.05) is 59.6 Å². The van der Waals surface area contributed by atoms with Crippen LogP contribution in [0.3, 0.4) is 0 Å². The first kappa shape index (κ1) is 25.1. The van der Waals surface area contributed by atoms with Gasteiger partial charge in [0, 0.05) is 0 Å². The highest BCUT2D eigenvalue weighted by Gasteiger charge is 2.27. The summed E-state index contributed by atoms with van der Waals surface area (Å²) in [6.07, 6.45) is 1.28. The maximum atomic E-state index is 11.9. The molecule has 0 aromatic heterocycles. The highest BCUT2D eigenvalue weighted by molar-refractivity contribution is 6.37. The summed E-state index contributed by atoms with van der Waals surface area (Å²) in [4.78, 5) is 35.1. The minimum atomic E-state index is -0.880. The standard InChI is InChI=1S/C26H20Cl2N2O6/c1-34-22-12-16(7-8-21(22)35-13-15-5-3-2-4-6-15)14-36-23-19(27)10-17(11-20(23)28)9-18-24(31)29-26(33)30-25(18)32/h2-12H,13-14H2,1H3,(H2,29,30,31,32,33). The van der Waals surface area contributed by atoms with Gasteiger partial charge in [-0.05, 0) is 47.0 Å². The smallest absolute Gasteiger partial charge is 0.328 e. The van der Waals surface area contributed by atoms with E-state index in [2.05, 4.69) is 0 Å². The number of carbonyl (C=O) groups excluding carboxylic acids is 3. The average molecular weight is 527 g/mol. The fraction of sp³-hybridized carbons (Fsp3) is 0.115. The fourth-order valence-corrected chi connectivity index (χ4v) is 4.00.